The highest BCUT2D eigenvalue weighted by molar-refractivity contribution is 6.30. The van der Waals surface area contributed by atoms with E-state index in [0.29, 0.717) is 28.4 Å². The van der Waals surface area contributed by atoms with E-state index < -0.39 is 11.8 Å². The molecule has 2 aromatic rings. The highest BCUT2D eigenvalue weighted by Crippen LogP contribution is 2.21. The summed E-state index contributed by atoms with van der Waals surface area (Å²) in [4.78, 5) is 35.7. The van der Waals surface area contributed by atoms with Crippen LogP contribution in [0.2, 0.25) is 5.02 Å². The van der Waals surface area contributed by atoms with Gasteiger partial charge < -0.3 is 10.1 Å². The lowest BCUT2D eigenvalue weighted by molar-refractivity contribution is -0.123. The molecule has 0 unspecified atom stereocenters. The van der Waals surface area contributed by atoms with E-state index in [1.807, 2.05) is 13.8 Å². The predicted molar refractivity (Wildman–Crippen MR) is 112 cm³/mol. The number of carbonyl (C=O) groups is 3. The molecule has 0 saturated carbocycles. The van der Waals surface area contributed by atoms with Gasteiger partial charge in [-0.05, 0) is 61.4 Å². The molecule has 3 N–H and O–H groups in total. The van der Waals surface area contributed by atoms with Crippen LogP contribution < -0.4 is 20.9 Å². The summed E-state index contributed by atoms with van der Waals surface area (Å²) < 4.78 is 5.41. The van der Waals surface area contributed by atoms with Crippen molar-refractivity contribution in [2.75, 3.05) is 11.9 Å². The fourth-order valence-corrected chi connectivity index (χ4v) is 2.65. The minimum absolute atomic E-state index is 0.0627. The smallest absolute Gasteiger partial charge is 0.276 e. The van der Waals surface area contributed by atoms with Gasteiger partial charge in [-0.3, -0.25) is 25.2 Å². The van der Waals surface area contributed by atoms with E-state index in [9.17, 15) is 14.4 Å². The topological polar surface area (TPSA) is 96.5 Å². The standard InChI is InChI=1S/C21H24ClN3O4/c1-3-4-5-19(26)23-17-9-6-15(7-10-17)21(28)25-24-20(27)13-29-18-11-8-16(22)12-14(18)2/h6-12H,3-5,13H2,1-2H3,(H,23,26)(H,24,27)(H,25,28). The van der Waals surface area contributed by atoms with Crippen LogP contribution in [-0.2, 0) is 9.59 Å². The molecule has 0 aliphatic carbocycles. The third-order valence-electron chi connectivity index (χ3n) is 4.00. The van der Waals surface area contributed by atoms with Crippen LogP contribution in [0, 0.1) is 6.92 Å². The second kappa shape index (κ2) is 11.1. The first kappa shape index (κ1) is 22.2. The minimum atomic E-state index is -0.507. The molecule has 3 amide bonds. The molecule has 2 rings (SSSR count). The second-order valence-corrected chi connectivity index (χ2v) is 6.87. The number of nitrogens with one attached hydrogen (secondary N) is 3. The van der Waals surface area contributed by atoms with Crippen LogP contribution in [-0.4, -0.2) is 24.3 Å². The Morgan fingerprint density at radius 1 is 1.00 bits per heavy atom. The molecule has 0 heterocycles. The average molecular weight is 418 g/mol. The molecule has 2 aromatic carbocycles. The average Bonchev–Trinajstić information content (AvgIpc) is 2.70. The lowest BCUT2D eigenvalue weighted by Crippen LogP contribution is -2.43. The van der Waals surface area contributed by atoms with Crippen molar-refractivity contribution in [3.8, 4) is 5.75 Å². The number of hydrazine groups is 1. The molecule has 0 fully saturated rings. The maximum Gasteiger partial charge on any atom is 0.276 e. The Kier molecular flexibility index (Phi) is 8.48. The molecule has 0 aliphatic rings. The zero-order valence-corrected chi connectivity index (χ0v) is 17.1. The number of aryl methyl sites for hydroxylation is 1. The van der Waals surface area contributed by atoms with E-state index >= 15 is 0 Å². The van der Waals surface area contributed by atoms with Crippen molar-refractivity contribution in [3.05, 3.63) is 58.6 Å². The molecule has 0 aromatic heterocycles. The van der Waals surface area contributed by atoms with Gasteiger partial charge in [0.1, 0.15) is 5.75 Å². The van der Waals surface area contributed by atoms with Crippen LogP contribution in [0.1, 0.15) is 42.1 Å². The SMILES string of the molecule is CCCCC(=O)Nc1ccc(C(=O)NNC(=O)COc2ccc(Cl)cc2C)cc1. The fourth-order valence-electron chi connectivity index (χ4n) is 2.42. The zero-order chi connectivity index (χ0) is 21.2. The van der Waals surface area contributed by atoms with E-state index in [2.05, 4.69) is 16.2 Å². The van der Waals surface area contributed by atoms with Crippen LogP contribution >= 0.6 is 11.6 Å². The monoisotopic (exact) mass is 417 g/mol. The highest BCUT2D eigenvalue weighted by Gasteiger charge is 2.09. The molecule has 0 saturated heterocycles. The van der Waals surface area contributed by atoms with E-state index in [4.69, 9.17) is 16.3 Å². The summed E-state index contributed by atoms with van der Waals surface area (Å²) in [6, 6.07) is 11.5. The first-order chi connectivity index (χ1) is 13.9. The number of rotatable bonds is 8. The second-order valence-electron chi connectivity index (χ2n) is 6.43. The highest BCUT2D eigenvalue weighted by atomic mass is 35.5. The van der Waals surface area contributed by atoms with Gasteiger partial charge in [0, 0.05) is 22.7 Å². The summed E-state index contributed by atoms with van der Waals surface area (Å²) >= 11 is 5.87. The van der Waals surface area contributed by atoms with Crippen LogP contribution in [0.5, 0.6) is 5.75 Å². The van der Waals surface area contributed by atoms with Crippen LogP contribution in [0.15, 0.2) is 42.5 Å². The summed E-state index contributed by atoms with van der Waals surface area (Å²) in [6.45, 7) is 3.58. The molecule has 7 nitrogen and oxygen atoms in total. The lowest BCUT2D eigenvalue weighted by Gasteiger charge is -2.11. The van der Waals surface area contributed by atoms with Crippen molar-refractivity contribution in [2.24, 2.45) is 0 Å². The Bertz CT molecular complexity index is 869. The summed E-state index contributed by atoms with van der Waals surface area (Å²) in [5.74, 6) is -0.517. The van der Waals surface area contributed by atoms with Crippen molar-refractivity contribution in [1.82, 2.24) is 10.9 Å². The Morgan fingerprint density at radius 3 is 2.38 bits per heavy atom. The maximum atomic E-state index is 12.1. The van der Waals surface area contributed by atoms with E-state index in [1.54, 1.807) is 42.5 Å². The Balaban J connectivity index is 1.77. The molecule has 0 bridgehead atoms. The van der Waals surface area contributed by atoms with Gasteiger partial charge in [-0.1, -0.05) is 24.9 Å². The fraction of sp³-hybridized carbons (Fsp3) is 0.286. The van der Waals surface area contributed by atoms with E-state index in [0.717, 1.165) is 18.4 Å². The predicted octanol–water partition coefficient (Wildman–Crippen LogP) is 3.62. The molecule has 0 atom stereocenters. The van der Waals surface area contributed by atoms with Gasteiger partial charge in [-0.15, -0.1) is 0 Å². The molecule has 154 valence electrons. The molecular weight excluding hydrogens is 394 g/mol. The third kappa shape index (κ3) is 7.46. The van der Waals surface area contributed by atoms with Crippen LogP contribution in [0.3, 0.4) is 0 Å². The van der Waals surface area contributed by atoms with E-state index in [-0.39, 0.29) is 12.5 Å². The summed E-state index contributed by atoms with van der Waals surface area (Å²) in [5, 5.41) is 3.35. The van der Waals surface area contributed by atoms with Crippen molar-refractivity contribution in [3.63, 3.8) is 0 Å². The van der Waals surface area contributed by atoms with Gasteiger partial charge in [0.05, 0.1) is 0 Å². The number of ether oxygens (including phenoxy) is 1. The number of hydrogen-bond donors (Lipinski definition) is 3. The normalized spacial score (nSPS) is 10.2. The number of anilines is 1. The van der Waals surface area contributed by atoms with Gasteiger partial charge in [0.15, 0.2) is 6.61 Å². The van der Waals surface area contributed by atoms with Crippen molar-refractivity contribution >= 4 is 35.0 Å². The summed E-state index contributed by atoms with van der Waals surface area (Å²) in [7, 11) is 0. The summed E-state index contributed by atoms with van der Waals surface area (Å²) in [5.41, 5.74) is 6.36. The van der Waals surface area contributed by atoms with Gasteiger partial charge in [-0.2, -0.15) is 0 Å². The van der Waals surface area contributed by atoms with Gasteiger partial charge in [-0.25, -0.2) is 0 Å². The maximum absolute atomic E-state index is 12.1. The molecule has 0 spiro atoms. The van der Waals surface area contributed by atoms with Crippen molar-refractivity contribution in [1.29, 1.82) is 0 Å². The van der Waals surface area contributed by atoms with Crippen molar-refractivity contribution in [2.45, 2.75) is 33.1 Å². The third-order valence-corrected chi connectivity index (χ3v) is 4.23. The molecule has 0 radical (unpaired) electrons. The largest absolute Gasteiger partial charge is 0.483 e. The van der Waals surface area contributed by atoms with Gasteiger partial charge in [0.2, 0.25) is 5.91 Å². The first-order valence-electron chi connectivity index (χ1n) is 9.27. The van der Waals surface area contributed by atoms with E-state index in [1.165, 1.54) is 0 Å². The van der Waals surface area contributed by atoms with Crippen LogP contribution in [0.4, 0.5) is 5.69 Å². The number of hydrogen-bond acceptors (Lipinski definition) is 4. The zero-order valence-electron chi connectivity index (χ0n) is 16.4. The van der Waals surface area contributed by atoms with Crippen LogP contribution in [0.25, 0.3) is 0 Å². The molecule has 0 aliphatic heterocycles. The molecule has 8 heteroatoms. The van der Waals surface area contributed by atoms with Gasteiger partial charge in [0.25, 0.3) is 11.8 Å². The number of unbranched alkanes of at least 4 members (excludes halogenated alkanes) is 1. The molecule has 29 heavy (non-hydrogen) atoms. The lowest BCUT2D eigenvalue weighted by atomic mass is 10.2. The quantitative estimate of drug-likeness (QED) is 0.571. The van der Waals surface area contributed by atoms with Crippen molar-refractivity contribution < 1.29 is 19.1 Å². The number of halogens is 1. The molecular formula is C21H24ClN3O4. The number of amides is 3. The Hall–Kier alpha value is -3.06. The minimum Gasteiger partial charge on any atom is -0.483 e. The van der Waals surface area contributed by atoms with Gasteiger partial charge >= 0.3 is 0 Å². The summed E-state index contributed by atoms with van der Waals surface area (Å²) in [6.07, 6.45) is 2.23. The Morgan fingerprint density at radius 2 is 1.72 bits per heavy atom. The number of carbonyl (C=O) groups excluding carboxylic acids is 3. The first-order valence-corrected chi connectivity index (χ1v) is 9.65. The number of benzene rings is 2. The Labute approximate surface area is 174 Å².